The largest absolute Gasteiger partial charge is 0.460 e. The summed E-state index contributed by atoms with van der Waals surface area (Å²) in [5.74, 6) is -0.669. The number of ketones is 1. The minimum Gasteiger partial charge on any atom is -0.460 e. The van der Waals surface area contributed by atoms with Gasteiger partial charge in [-0.2, -0.15) is 0 Å². The number of esters is 1. The van der Waals surface area contributed by atoms with Crippen molar-refractivity contribution >= 4 is 34.7 Å². The van der Waals surface area contributed by atoms with Gasteiger partial charge in [0.15, 0.2) is 5.78 Å². The van der Waals surface area contributed by atoms with Gasteiger partial charge in [0.2, 0.25) is 0 Å². The summed E-state index contributed by atoms with van der Waals surface area (Å²) in [4.78, 5) is 27.6. The van der Waals surface area contributed by atoms with Crippen LogP contribution in [0, 0.1) is 0 Å². The van der Waals surface area contributed by atoms with Crippen molar-refractivity contribution in [3.63, 3.8) is 0 Å². The molecular weight excluding hydrogens is 418 g/mol. The molecule has 0 radical (unpaired) electrons. The maximum atomic E-state index is 13.4. The van der Waals surface area contributed by atoms with Gasteiger partial charge in [-0.1, -0.05) is 29.8 Å². The van der Waals surface area contributed by atoms with Crippen molar-refractivity contribution in [1.29, 1.82) is 0 Å². The summed E-state index contributed by atoms with van der Waals surface area (Å²) in [6.45, 7) is 5.51. The highest BCUT2D eigenvalue weighted by Gasteiger charge is 2.41. The van der Waals surface area contributed by atoms with Crippen LogP contribution in [0.15, 0.2) is 64.3 Å². The molecule has 2 aliphatic rings. The molecule has 1 aromatic heterocycles. The highest BCUT2D eigenvalue weighted by molar-refractivity contribution is 7.10. The van der Waals surface area contributed by atoms with Crippen molar-refractivity contribution in [3.05, 3.63) is 79.8 Å². The fourth-order valence-corrected chi connectivity index (χ4v) is 5.36. The van der Waals surface area contributed by atoms with E-state index in [9.17, 15) is 9.59 Å². The second kappa shape index (κ2) is 8.40. The van der Waals surface area contributed by atoms with Crippen LogP contribution in [0.1, 0.15) is 55.9 Å². The minimum atomic E-state index is -0.483. The molecule has 0 unspecified atom stereocenters. The van der Waals surface area contributed by atoms with E-state index in [1.165, 1.54) is 4.88 Å². The molecule has 30 heavy (non-hydrogen) atoms. The molecule has 2 atom stereocenters. The van der Waals surface area contributed by atoms with E-state index in [0.717, 1.165) is 23.4 Å². The van der Waals surface area contributed by atoms with Crippen LogP contribution in [0.4, 0.5) is 0 Å². The van der Waals surface area contributed by atoms with Crippen LogP contribution in [-0.2, 0) is 14.3 Å². The number of carbonyl (C=O) groups is 2. The number of thiophene rings is 1. The molecule has 2 aromatic rings. The number of hydrogen-bond acceptors (Lipinski definition) is 5. The predicted octanol–water partition coefficient (Wildman–Crippen LogP) is 5.71. The summed E-state index contributed by atoms with van der Waals surface area (Å²) >= 11 is 7.94. The van der Waals surface area contributed by atoms with E-state index < -0.39 is 11.9 Å². The van der Waals surface area contributed by atoms with E-state index in [-0.39, 0.29) is 17.8 Å². The Morgan fingerprint density at radius 2 is 2.03 bits per heavy atom. The maximum Gasteiger partial charge on any atom is 0.337 e. The number of dihydropyridines is 1. The third-order valence-electron chi connectivity index (χ3n) is 5.52. The van der Waals surface area contributed by atoms with Crippen LogP contribution in [0.2, 0.25) is 5.02 Å². The number of ether oxygens (including phenoxy) is 1. The molecular formula is C24H24ClNO3S. The Balaban J connectivity index is 1.81. The quantitative estimate of drug-likeness (QED) is 0.617. The Hall–Kier alpha value is -2.37. The molecule has 0 saturated heterocycles. The van der Waals surface area contributed by atoms with Crippen LogP contribution >= 0.6 is 22.9 Å². The third-order valence-corrected chi connectivity index (χ3v) is 6.79. The molecule has 1 aromatic carbocycles. The predicted molar refractivity (Wildman–Crippen MR) is 120 cm³/mol. The smallest absolute Gasteiger partial charge is 0.337 e. The molecule has 1 N–H and O–H groups in total. The molecule has 6 heteroatoms. The number of halogens is 1. The number of Topliss-reactive ketones (excluding diaryl/α,β-unsaturated/α-hetero) is 1. The van der Waals surface area contributed by atoms with Gasteiger partial charge in [0.1, 0.15) is 0 Å². The van der Waals surface area contributed by atoms with Gasteiger partial charge in [0.05, 0.1) is 11.7 Å². The van der Waals surface area contributed by atoms with E-state index >= 15 is 0 Å². The molecule has 0 spiro atoms. The van der Waals surface area contributed by atoms with Gasteiger partial charge in [-0.05, 0) is 56.3 Å². The van der Waals surface area contributed by atoms with E-state index in [1.54, 1.807) is 17.4 Å². The fourth-order valence-electron chi connectivity index (χ4n) is 4.33. The SMILES string of the molecule is CC1=C(C(=O)OC(C)C)[C@@H](c2cccc(Cl)c2)C2=C(C[C@@H](c3cccs3)CC2=O)N1. The first-order valence-electron chi connectivity index (χ1n) is 10.1. The summed E-state index contributed by atoms with van der Waals surface area (Å²) in [7, 11) is 0. The highest BCUT2D eigenvalue weighted by Crippen LogP contribution is 2.46. The molecule has 0 saturated carbocycles. The lowest BCUT2D eigenvalue weighted by atomic mass is 9.72. The van der Waals surface area contributed by atoms with E-state index in [1.807, 2.05) is 50.4 Å². The summed E-state index contributed by atoms with van der Waals surface area (Å²) in [5, 5.41) is 5.98. The van der Waals surface area contributed by atoms with Crippen molar-refractivity contribution in [1.82, 2.24) is 5.32 Å². The zero-order chi connectivity index (χ0) is 21.4. The summed E-state index contributed by atoms with van der Waals surface area (Å²) in [5.41, 5.74) is 3.59. The van der Waals surface area contributed by atoms with Gasteiger partial charge in [0.25, 0.3) is 0 Å². The minimum absolute atomic E-state index is 0.0643. The summed E-state index contributed by atoms with van der Waals surface area (Å²) in [6, 6.07) is 11.5. The van der Waals surface area contributed by atoms with Crippen LogP contribution in [0.3, 0.4) is 0 Å². The van der Waals surface area contributed by atoms with Crippen molar-refractivity contribution in [2.75, 3.05) is 0 Å². The van der Waals surface area contributed by atoms with E-state index in [4.69, 9.17) is 16.3 Å². The number of rotatable bonds is 4. The number of nitrogens with one attached hydrogen (secondary N) is 1. The summed E-state index contributed by atoms with van der Waals surface area (Å²) < 4.78 is 5.54. The van der Waals surface area contributed by atoms with Crippen LogP contribution < -0.4 is 5.32 Å². The fraction of sp³-hybridized carbons (Fsp3) is 0.333. The second-order valence-corrected chi connectivity index (χ2v) is 9.46. The van der Waals surface area contributed by atoms with Crippen LogP contribution in [0.5, 0.6) is 0 Å². The Labute approximate surface area is 185 Å². The van der Waals surface area contributed by atoms with Gasteiger partial charge >= 0.3 is 5.97 Å². The number of benzene rings is 1. The Morgan fingerprint density at radius 1 is 1.23 bits per heavy atom. The molecule has 0 fully saturated rings. The normalized spacial score (nSPS) is 21.6. The lowest BCUT2D eigenvalue weighted by molar-refractivity contribution is -0.143. The highest BCUT2D eigenvalue weighted by atomic mass is 35.5. The molecule has 4 rings (SSSR count). The zero-order valence-electron chi connectivity index (χ0n) is 17.2. The van der Waals surface area contributed by atoms with Crippen LogP contribution in [0.25, 0.3) is 0 Å². The van der Waals surface area contributed by atoms with E-state index in [0.29, 0.717) is 22.6 Å². The standard InChI is InChI=1S/C24H24ClNO3S/c1-13(2)29-24(28)21-14(3)26-18-11-16(20-8-5-9-30-20)12-19(27)23(18)22(21)15-6-4-7-17(25)10-15/h4-10,13,16,22,26H,11-12H2,1-3H3/t16-,22-/m1/s1. The van der Waals surface area contributed by atoms with Crippen molar-refractivity contribution < 1.29 is 14.3 Å². The third kappa shape index (κ3) is 3.96. The first-order valence-corrected chi connectivity index (χ1v) is 11.3. The second-order valence-electron chi connectivity index (χ2n) is 8.04. The Bertz CT molecular complexity index is 1050. The molecule has 0 amide bonds. The lowest BCUT2D eigenvalue weighted by Crippen LogP contribution is -2.36. The first kappa shape index (κ1) is 20.9. The molecule has 4 nitrogen and oxygen atoms in total. The number of allylic oxidation sites excluding steroid dienone is 3. The maximum absolute atomic E-state index is 13.4. The molecule has 1 aliphatic heterocycles. The van der Waals surface area contributed by atoms with Gasteiger partial charge in [-0.3, -0.25) is 4.79 Å². The van der Waals surface area contributed by atoms with Crippen LogP contribution in [-0.4, -0.2) is 17.9 Å². The average molecular weight is 442 g/mol. The van der Waals surface area contributed by atoms with E-state index in [2.05, 4.69) is 11.4 Å². The molecule has 0 bridgehead atoms. The number of carbonyl (C=O) groups excluding carboxylic acids is 2. The zero-order valence-corrected chi connectivity index (χ0v) is 18.8. The summed E-state index contributed by atoms with van der Waals surface area (Å²) in [6.07, 6.45) is 0.921. The van der Waals surface area contributed by atoms with Gasteiger partial charge in [-0.25, -0.2) is 4.79 Å². The number of hydrogen-bond donors (Lipinski definition) is 1. The lowest BCUT2D eigenvalue weighted by Gasteiger charge is -2.36. The van der Waals surface area contributed by atoms with Gasteiger partial charge in [0, 0.05) is 45.1 Å². The molecule has 2 heterocycles. The average Bonchev–Trinajstić information content (AvgIpc) is 3.21. The van der Waals surface area contributed by atoms with Crippen molar-refractivity contribution in [3.8, 4) is 0 Å². The van der Waals surface area contributed by atoms with Gasteiger partial charge < -0.3 is 10.1 Å². The topological polar surface area (TPSA) is 55.4 Å². The Morgan fingerprint density at radius 3 is 2.70 bits per heavy atom. The van der Waals surface area contributed by atoms with Crippen molar-refractivity contribution in [2.45, 2.75) is 51.6 Å². The first-order chi connectivity index (χ1) is 14.3. The monoisotopic (exact) mass is 441 g/mol. The molecule has 156 valence electrons. The molecule has 1 aliphatic carbocycles. The van der Waals surface area contributed by atoms with Gasteiger partial charge in [-0.15, -0.1) is 11.3 Å². The Kier molecular flexibility index (Phi) is 5.85. The van der Waals surface area contributed by atoms with Crippen molar-refractivity contribution in [2.24, 2.45) is 0 Å².